The maximum Gasteiger partial charge on any atom is 0.259 e. The van der Waals surface area contributed by atoms with E-state index in [9.17, 15) is 23.6 Å². The molecule has 0 radical (unpaired) electrons. The number of nitrogens with zero attached hydrogens (tertiary/aromatic N) is 2. The first-order chi connectivity index (χ1) is 11.7. The average Bonchev–Trinajstić information content (AvgIpc) is 2.93. The van der Waals surface area contributed by atoms with Crippen molar-refractivity contribution >= 4 is 11.7 Å². The second-order valence-electron chi connectivity index (χ2n) is 7.50. The summed E-state index contributed by atoms with van der Waals surface area (Å²) in [4.78, 5) is 26.3. The number of allylic oxidation sites excluding steroid dienone is 1. The highest BCUT2D eigenvalue weighted by Gasteiger charge is 2.49. The van der Waals surface area contributed by atoms with E-state index in [1.165, 1.54) is 11.0 Å². The van der Waals surface area contributed by atoms with E-state index in [1.807, 2.05) is 6.07 Å². The van der Waals surface area contributed by atoms with Gasteiger partial charge in [-0.15, -0.1) is 0 Å². The van der Waals surface area contributed by atoms with Crippen LogP contribution in [0.2, 0.25) is 0 Å². The third kappa shape index (κ3) is 2.84. The van der Waals surface area contributed by atoms with Gasteiger partial charge in [-0.2, -0.15) is 5.26 Å². The van der Waals surface area contributed by atoms with Crippen LogP contribution in [0.1, 0.15) is 37.0 Å². The van der Waals surface area contributed by atoms with Gasteiger partial charge in [-0.3, -0.25) is 9.59 Å². The first kappa shape index (κ1) is 17.3. The number of halogens is 2. The Morgan fingerprint density at radius 1 is 1.28 bits per heavy atom. The molecule has 1 saturated heterocycles. The summed E-state index contributed by atoms with van der Waals surface area (Å²) in [6, 6.07) is 5.26. The zero-order valence-electron chi connectivity index (χ0n) is 14.1. The number of hydrogen-bond donors (Lipinski definition) is 0. The summed E-state index contributed by atoms with van der Waals surface area (Å²) in [5.74, 6) is -2.68. The quantitative estimate of drug-likeness (QED) is 0.786. The Morgan fingerprint density at radius 2 is 1.92 bits per heavy atom. The number of carbonyl (C=O) groups excluding carboxylic acids is 2. The van der Waals surface area contributed by atoms with Gasteiger partial charge in [0.1, 0.15) is 23.3 Å². The Kier molecular flexibility index (Phi) is 3.98. The van der Waals surface area contributed by atoms with E-state index in [0.29, 0.717) is 19.4 Å². The SMILES string of the molecule is CC1(C)C[C@]2(C=C(C#N)C1=O)CCN(C(=O)c1c(F)cccc1F)C2. The van der Waals surface area contributed by atoms with Crippen molar-refractivity contribution in [2.75, 3.05) is 13.1 Å². The molecule has 1 fully saturated rings. The zero-order chi connectivity index (χ0) is 18.4. The Bertz CT molecular complexity index is 818. The molecule has 0 bridgehead atoms. The normalized spacial score (nSPS) is 25.0. The van der Waals surface area contributed by atoms with Gasteiger partial charge in [0.2, 0.25) is 0 Å². The average molecular weight is 344 g/mol. The minimum absolute atomic E-state index is 0.0996. The highest BCUT2D eigenvalue weighted by molar-refractivity contribution is 6.04. The fraction of sp³-hybridized carbons (Fsp3) is 0.421. The summed E-state index contributed by atoms with van der Waals surface area (Å²) in [5, 5.41) is 9.24. The van der Waals surface area contributed by atoms with E-state index in [4.69, 9.17) is 0 Å². The molecule has 1 aromatic rings. The summed E-state index contributed by atoms with van der Waals surface area (Å²) in [6.45, 7) is 4.12. The predicted octanol–water partition coefficient (Wildman–Crippen LogP) is 3.25. The van der Waals surface area contributed by atoms with Gasteiger partial charge in [0.15, 0.2) is 5.78 Å². The van der Waals surface area contributed by atoms with Crippen molar-refractivity contribution in [2.45, 2.75) is 26.7 Å². The van der Waals surface area contributed by atoms with Crippen LogP contribution in [0.15, 0.2) is 29.8 Å². The zero-order valence-corrected chi connectivity index (χ0v) is 14.1. The highest BCUT2D eigenvalue weighted by Crippen LogP contribution is 2.48. The number of ketones is 1. The van der Waals surface area contributed by atoms with Crippen LogP contribution in [0.3, 0.4) is 0 Å². The molecule has 6 heteroatoms. The van der Waals surface area contributed by atoms with Gasteiger partial charge < -0.3 is 4.90 Å². The topological polar surface area (TPSA) is 61.2 Å². The number of hydrogen-bond acceptors (Lipinski definition) is 3. The van der Waals surface area contributed by atoms with Crippen molar-refractivity contribution in [2.24, 2.45) is 10.8 Å². The number of nitriles is 1. The minimum atomic E-state index is -0.890. The van der Waals surface area contributed by atoms with E-state index in [2.05, 4.69) is 0 Å². The van der Waals surface area contributed by atoms with Crippen molar-refractivity contribution in [3.63, 3.8) is 0 Å². The molecule has 3 rings (SSSR count). The molecule has 1 spiro atoms. The first-order valence-corrected chi connectivity index (χ1v) is 8.10. The lowest BCUT2D eigenvalue weighted by Gasteiger charge is -2.38. The van der Waals surface area contributed by atoms with Gasteiger partial charge in [0.05, 0.1) is 5.57 Å². The van der Waals surface area contributed by atoms with Crippen LogP contribution in [0.5, 0.6) is 0 Å². The molecule has 1 heterocycles. The molecule has 1 aliphatic heterocycles. The van der Waals surface area contributed by atoms with Gasteiger partial charge in [-0.05, 0) is 25.0 Å². The van der Waals surface area contributed by atoms with Gasteiger partial charge in [-0.25, -0.2) is 8.78 Å². The van der Waals surface area contributed by atoms with Crippen molar-refractivity contribution in [3.05, 3.63) is 47.0 Å². The van der Waals surface area contributed by atoms with Gasteiger partial charge in [0.25, 0.3) is 5.91 Å². The second kappa shape index (κ2) is 5.76. The van der Waals surface area contributed by atoms with Gasteiger partial charge in [0, 0.05) is 23.9 Å². The second-order valence-corrected chi connectivity index (χ2v) is 7.50. The summed E-state index contributed by atoms with van der Waals surface area (Å²) in [7, 11) is 0. The fourth-order valence-corrected chi connectivity index (χ4v) is 4.02. The Morgan fingerprint density at radius 3 is 2.52 bits per heavy atom. The number of amides is 1. The smallest absolute Gasteiger partial charge is 0.259 e. The lowest BCUT2D eigenvalue weighted by atomic mass is 9.64. The maximum absolute atomic E-state index is 13.9. The molecular weight excluding hydrogens is 326 g/mol. The highest BCUT2D eigenvalue weighted by atomic mass is 19.1. The Labute approximate surface area is 144 Å². The predicted molar refractivity (Wildman–Crippen MR) is 86.4 cm³/mol. The molecule has 0 unspecified atom stereocenters. The van der Waals surface area contributed by atoms with Crippen molar-refractivity contribution in [1.29, 1.82) is 5.26 Å². The van der Waals surface area contributed by atoms with Crippen molar-refractivity contribution < 1.29 is 18.4 Å². The molecule has 25 heavy (non-hydrogen) atoms. The largest absolute Gasteiger partial charge is 0.338 e. The number of likely N-dealkylation sites (tertiary alicyclic amines) is 1. The minimum Gasteiger partial charge on any atom is -0.338 e. The van der Waals surface area contributed by atoms with Crippen molar-refractivity contribution in [1.82, 2.24) is 4.90 Å². The van der Waals surface area contributed by atoms with Crippen LogP contribution in [-0.4, -0.2) is 29.7 Å². The monoisotopic (exact) mass is 344 g/mol. The van der Waals surface area contributed by atoms with Crippen LogP contribution in [0.4, 0.5) is 8.78 Å². The molecule has 0 aromatic heterocycles. The molecule has 0 saturated carbocycles. The standard InChI is InChI=1S/C19H18F2N2O2/c1-18(2)10-19(8-12(9-22)16(18)24)6-7-23(11-19)17(25)15-13(20)4-3-5-14(15)21/h3-5,8H,6-7,10-11H2,1-2H3/t19-/m1/s1. The molecule has 4 nitrogen and oxygen atoms in total. The lowest BCUT2D eigenvalue weighted by Crippen LogP contribution is -2.41. The molecule has 1 aliphatic carbocycles. The van der Waals surface area contributed by atoms with Crippen molar-refractivity contribution in [3.8, 4) is 6.07 Å². The van der Waals surface area contributed by atoms with E-state index in [0.717, 1.165) is 12.1 Å². The molecule has 0 N–H and O–H groups in total. The molecule has 1 atom stereocenters. The van der Waals surface area contributed by atoms with Crippen LogP contribution >= 0.6 is 0 Å². The summed E-state index contributed by atoms with van der Waals surface area (Å²) >= 11 is 0. The van der Waals surface area contributed by atoms with E-state index < -0.39 is 33.9 Å². The first-order valence-electron chi connectivity index (χ1n) is 8.10. The number of benzene rings is 1. The molecule has 1 amide bonds. The van der Waals surface area contributed by atoms with Gasteiger partial charge >= 0.3 is 0 Å². The molecule has 130 valence electrons. The third-order valence-electron chi connectivity index (χ3n) is 5.07. The Balaban J connectivity index is 1.91. The lowest BCUT2D eigenvalue weighted by molar-refractivity contribution is -0.125. The van der Waals surface area contributed by atoms with E-state index in [1.54, 1.807) is 19.9 Å². The molecule has 1 aromatic carbocycles. The number of carbonyl (C=O) groups is 2. The summed E-state index contributed by atoms with van der Waals surface area (Å²) < 4.78 is 27.8. The van der Waals surface area contributed by atoms with Crippen LogP contribution in [0, 0.1) is 33.8 Å². The fourth-order valence-electron chi connectivity index (χ4n) is 4.02. The number of rotatable bonds is 1. The third-order valence-corrected chi connectivity index (χ3v) is 5.07. The van der Waals surface area contributed by atoms with E-state index in [-0.39, 0.29) is 17.9 Å². The van der Waals surface area contributed by atoms with Gasteiger partial charge in [-0.1, -0.05) is 26.0 Å². The van der Waals surface area contributed by atoms with Crippen LogP contribution in [0.25, 0.3) is 0 Å². The summed E-state index contributed by atoms with van der Waals surface area (Å²) in [5.41, 5.74) is -1.68. The molecular formula is C19H18F2N2O2. The number of Topliss-reactive ketones (excluding diaryl/α,β-unsaturated/α-hetero) is 1. The summed E-state index contributed by atoms with van der Waals surface area (Å²) in [6.07, 6.45) is 2.69. The van der Waals surface area contributed by atoms with Crippen LogP contribution < -0.4 is 0 Å². The van der Waals surface area contributed by atoms with E-state index >= 15 is 0 Å². The Hall–Kier alpha value is -2.55. The molecule has 2 aliphatic rings. The van der Waals surface area contributed by atoms with Crippen LogP contribution in [-0.2, 0) is 4.79 Å². The maximum atomic E-state index is 13.9.